The molecule has 0 fully saturated rings. The first-order chi connectivity index (χ1) is 26.3. The average molecular weight is 677 g/mol. The molecule has 0 atom stereocenters. The molecule has 4 nitrogen and oxygen atoms in total. The Kier molecular flexibility index (Phi) is 7.43. The Morgan fingerprint density at radius 2 is 0.774 bits per heavy atom. The maximum Gasteiger partial charge on any atom is 0.166 e. The van der Waals surface area contributed by atoms with Crippen molar-refractivity contribution in [3.63, 3.8) is 0 Å². The first-order valence-electron chi connectivity index (χ1n) is 17.9. The summed E-state index contributed by atoms with van der Waals surface area (Å²) in [5, 5.41) is 4.63. The van der Waals surface area contributed by atoms with E-state index in [9.17, 15) is 0 Å². The Labute approximate surface area is 307 Å². The Hall–Kier alpha value is -7.17. The van der Waals surface area contributed by atoms with Gasteiger partial charge < -0.3 is 4.57 Å². The third-order valence-electron chi connectivity index (χ3n) is 10.1. The fourth-order valence-corrected chi connectivity index (χ4v) is 7.51. The second kappa shape index (κ2) is 12.9. The first kappa shape index (κ1) is 30.6. The molecule has 0 radical (unpaired) electrons. The maximum atomic E-state index is 5.31. The molecule has 0 saturated carbocycles. The highest BCUT2D eigenvalue weighted by atomic mass is 15.1. The lowest BCUT2D eigenvalue weighted by Gasteiger charge is -2.17. The van der Waals surface area contributed by atoms with Crippen molar-refractivity contribution in [3.05, 3.63) is 194 Å². The number of fused-ring (bicyclic) bond motifs is 4. The molecule has 8 aromatic carbocycles. The van der Waals surface area contributed by atoms with Crippen molar-refractivity contribution in [2.75, 3.05) is 0 Å². The minimum absolute atomic E-state index is 0.613. The normalized spacial score (nSPS) is 11.4. The van der Waals surface area contributed by atoms with Gasteiger partial charge in [0.1, 0.15) is 0 Å². The minimum atomic E-state index is 0.613. The van der Waals surface area contributed by atoms with Crippen LogP contribution < -0.4 is 0 Å². The molecule has 0 aliphatic carbocycles. The van der Waals surface area contributed by atoms with E-state index in [2.05, 4.69) is 193 Å². The number of rotatable bonds is 6. The summed E-state index contributed by atoms with van der Waals surface area (Å²) in [6.45, 7) is 0. The fourth-order valence-electron chi connectivity index (χ4n) is 7.51. The van der Waals surface area contributed by atoms with Crippen LogP contribution in [-0.4, -0.2) is 19.5 Å². The standard InChI is InChI=1S/C49H32N4/c1-3-14-33(15-4-1)35-26-28-37(29-27-35)47-50-48(42-23-13-19-36-18-7-8-20-39(36)42)52-49(51-47)43-31-30-38(34-16-5-2-6-17-34)32-46(43)53-44-24-11-9-21-40(44)41-22-10-12-25-45(41)53/h1-32H. The number of para-hydroxylation sites is 2. The highest BCUT2D eigenvalue weighted by Crippen LogP contribution is 2.39. The quantitative estimate of drug-likeness (QED) is 0.176. The summed E-state index contributed by atoms with van der Waals surface area (Å²) in [4.78, 5) is 15.8. The lowest BCUT2D eigenvalue weighted by atomic mass is 10.0. The van der Waals surface area contributed by atoms with Crippen molar-refractivity contribution in [2.45, 2.75) is 0 Å². The van der Waals surface area contributed by atoms with Crippen LogP contribution in [-0.2, 0) is 0 Å². The van der Waals surface area contributed by atoms with E-state index in [1.807, 2.05) is 6.07 Å². The van der Waals surface area contributed by atoms with E-state index in [1.165, 1.54) is 16.3 Å². The number of nitrogens with zero attached hydrogens (tertiary/aromatic N) is 4. The third-order valence-corrected chi connectivity index (χ3v) is 10.1. The van der Waals surface area contributed by atoms with Crippen molar-refractivity contribution in [1.29, 1.82) is 0 Å². The van der Waals surface area contributed by atoms with Crippen LogP contribution in [0.1, 0.15) is 0 Å². The molecule has 248 valence electrons. The van der Waals surface area contributed by atoms with Gasteiger partial charge in [-0.3, -0.25) is 0 Å². The van der Waals surface area contributed by atoms with Crippen LogP contribution in [0.15, 0.2) is 194 Å². The predicted octanol–water partition coefficient (Wildman–Crippen LogP) is 12.5. The van der Waals surface area contributed by atoms with Crippen molar-refractivity contribution < 1.29 is 0 Å². The van der Waals surface area contributed by atoms with E-state index >= 15 is 0 Å². The van der Waals surface area contributed by atoms with Crippen LogP contribution in [0.3, 0.4) is 0 Å². The van der Waals surface area contributed by atoms with Crippen LogP contribution in [0.25, 0.3) is 94.7 Å². The Balaban J connectivity index is 1.25. The lowest BCUT2D eigenvalue weighted by Crippen LogP contribution is -2.04. The van der Waals surface area contributed by atoms with Crippen LogP contribution in [0.4, 0.5) is 0 Å². The summed E-state index contributed by atoms with van der Waals surface area (Å²) in [6, 6.07) is 68.1. The van der Waals surface area contributed by atoms with Gasteiger partial charge in [0.2, 0.25) is 0 Å². The second-order valence-electron chi connectivity index (χ2n) is 13.2. The largest absolute Gasteiger partial charge is 0.308 e. The molecule has 0 aliphatic heterocycles. The fraction of sp³-hybridized carbons (Fsp3) is 0. The zero-order valence-electron chi connectivity index (χ0n) is 28.8. The van der Waals surface area contributed by atoms with Gasteiger partial charge in [-0.15, -0.1) is 0 Å². The lowest BCUT2D eigenvalue weighted by molar-refractivity contribution is 1.07. The van der Waals surface area contributed by atoms with Crippen LogP contribution in [0, 0.1) is 0 Å². The summed E-state index contributed by atoms with van der Waals surface area (Å²) < 4.78 is 2.36. The molecule has 10 rings (SSSR count). The van der Waals surface area contributed by atoms with Crippen molar-refractivity contribution in [3.8, 4) is 62.1 Å². The molecule has 0 bridgehead atoms. The summed E-state index contributed by atoms with van der Waals surface area (Å²) in [6.07, 6.45) is 0. The Morgan fingerprint density at radius 3 is 1.45 bits per heavy atom. The van der Waals surface area contributed by atoms with Crippen molar-refractivity contribution in [2.24, 2.45) is 0 Å². The average Bonchev–Trinajstić information content (AvgIpc) is 3.58. The van der Waals surface area contributed by atoms with Gasteiger partial charge in [-0.2, -0.15) is 0 Å². The van der Waals surface area contributed by atoms with Gasteiger partial charge in [0.15, 0.2) is 17.5 Å². The number of hydrogen-bond donors (Lipinski definition) is 0. The zero-order valence-corrected chi connectivity index (χ0v) is 28.8. The molecule has 0 N–H and O–H groups in total. The topological polar surface area (TPSA) is 43.6 Å². The van der Waals surface area contributed by atoms with E-state index in [1.54, 1.807) is 0 Å². The highest BCUT2D eigenvalue weighted by molar-refractivity contribution is 6.09. The van der Waals surface area contributed by atoms with E-state index in [4.69, 9.17) is 15.0 Å². The zero-order chi connectivity index (χ0) is 35.1. The molecule has 0 spiro atoms. The molecule has 0 unspecified atom stereocenters. The van der Waals surface area contributed by atoms with Gasteiger partial charge in [-0.05, 0) is 57.3 Å². The molecule has 2 heterocycles. The second-order valence-corrected chi connectivity index (χ2v) is 13.2. The van der Waals surface area contributed by atoms with E-state index in [-0.39, 0.29) is 0 Å². The number of aromatic nitrogens is 4. The molecule has 0 saturated heterocycles. The smallest absolute Gasteiger partial charge is 0.166 e. The third kappa shape index (κ3) is 5.45. The van der Waals surface area contributed by atoms with Crippen LogP contribution in [0.2, 0.25) is 0 Å². The van der Waals surface area contributed by atoms with Gasteiger partial charge in [0, 0.05) is 27.5 Å². The Bertz CT molecular complexity index is 2870. The van der Waals surface area contributed by atoms with Crippen molar-refractivity contribution in [1.82, 2.24) is 19.5 Å². The molecule has 4 heteroatoms. The maximum absolute atomic E-state index is 5.31. The molecule has 0 amide bonds. The Morgan fingerprint density at radius 1 is 0.302 bits per heavy atom. The predicted molar refractivity (Wildman–Crippen MR) is 219 cm³/mol. The minimum Gasteiger partial charge on any atom is -0.308 e. The summed E-state index contributed by atoms with van der Waals surface area (Å²) in [5.41, 5.74) is 10.6. The van der Waals surface area contributed by atoms with Gasteiger partial charge >= 0.3 is 0 Å². The van der Waals surface area contributed by atoms with Gasteiger partial charge in [-0.25, -0.2) is 15.0 Å². The molecule has 10 aromatic rings. The molecule has 53 heavy (non-hydrogen) atoms. The van der Waals surface area contributed by atoms with Gasteiger partial charge in [0.25, 0.3) is 0 Å². The highest BCUT2D eigenvalue weighted by Gasteiger charge is 2.21. The molecule has 2 aromatic heterocycles. The molecule has 0 aliphatic rings. The van der Waals surface area contributed by atoms with Gasteiger partial charge in [0.05, 0.1) is 16.7 Å². The first-order valence-corrected chi connectivity index (χ1v) is 17.9. The van der Waals surface area contributed by atoms with Crippen LogP contribution >= 0.6 is 0 Å². The summed E-state index contributed by atoms with van der Waals surface area (Å²) in [7, 11) is 0. The summed E-state index contributed by atoms with van der Waals surface area (Å²) >= 11 is 0. The number of benzene rings is 8. The summed E-state index contributed by atoms with van der Waals surface area (Å²) in [5.74, 6) is 1.87. The van der Waals surface area contributed by atoms with E-state index in [0.29, 0.717) is 17.5 Å². The molecular weight excluding hydrogens is 645 g/mol. The van der Waals surface area contributed by atoms with E-state index < -0.39 is 0 Å². The SMILES string of the molecule is c1ccc(-c2ccc(-c3nc(-c4ccc(-c5ccccc5)cc4-n4c5ccccc5c5ccccc54)nc(-c4cccc5ccccc45)n3)cc2)cc1. The van der Waals surface area contributed by atoms with Gasteiger partial charge in [-0.1, -0.05) is 170 Å². The monoisotopic (exact) mass is 676 g/mol. The number of hydrogen-bond acceptors (Lipinski definition) is 3. The van der Waals surface area contributed by atoms with Crippen molar-refractivity contribution >= 4 is 32.6 Å². The van der Waals surface area contributed by atoms with Crippen LogP contribution in [0.5, 0.6) is 0 Å². The molecular formula is C49H32N4. The van der Waals surface area contributed by atoms with E-state index in [0.717, 1.165) is 60.9 Å².